The average Bonchev–Trinajstić information content (AvgIpc) is 3.10. The van der Waals surface area contributed by atoms with Crippen LogP contribution >= 0.6 is 0 Å². The van der Waals surface area contributed by atoms with Gasteiger partial charge in [-0.2, -0.15) is 0 Å². The van der Waals surface area contributed by atoms with Crippen LogP contribution in [0.25, 0.3) is 0 Å². The van der Waals surface area contributed by atoms with E-state index in [-0.39, 0.29) is 48.8 Å². The number of nitrogens with zero attached hydrogens (tertiary/aromatic N) is 2. The van der Waals surface area contributed by atoms with Gasteiger partial charge in [-0.25, -0.2) is 0 Å². The van der Waals surface area contributed by atoms with Crippen LogP contribution < -0.4 is 10.6 Å². The van der Waals surface area contributed by atoms with Gasteiger partial charge in [0.25, 0.3) is 0 Å². The molecule has 0 radical (unpaired) electrons. The van der Waals surface area contributed by atoms with Crippen molar-refractivity contribution in [2.24, 2.45) is 0 Å². The summed E-state index contributed by atoms with van der Waals surface area (Å²) in [6.45, 7) is 12.3. The molecule has 2 N–H and O–H groups in total. The molecule has 50 heavy (non-hydrogen) atoms. The summed E-state index contributed by atoms with van der Waals surface area (Å²) in [5.41, 5.74) is 2.32. The van der Waals surface area contributed by atoms with Gasteiger partial charge in [-0.15, -0.1) is 0 Å². The SMILES string of the molecule is CO[C@H]1CCN(Cc2ccc(CN3CC[C@H](OC)OC[C@H](C)NC(=O)C[C@@H](OC)OC[C@@H]3C)cc2)[C@@H](C)CO[C@H](OC)CC(=O)N[C@@H](C)CO1. The number of hydrogen-bond donors (Lipinski definition) is 2. The molecule has 0 unspecified atom stereocenters. The molecule has 14 nitrogen and oxygen atoms in total. The molecule has 2 heterocycles. The van der Waals surface area contributed by atoms with E-state index in [1.54, 1.807) is 28.4 Å². The van der Waals surface area contributed by atoms with E-state index in [1.165, 1.54) is 0 Å². The lowest BCUT2D eigenvalue weighted by atomic mass is 10.1. The van der Waals surface area contributed by atoms with E-state index >= 15 is 0 Å². The fourth-order valence-corrected chi connectivity index (χ4v) is 5.89. The summed E-state index contributed by atoms with van der Waals surface area (Å²) >= 11 is 0. The van der Waals surface area contributed by atoms with Gasteiger partial charge in [-0.1, -0.05) is 24.3 Å². The summed E-state index contributed by atoms with van der Waals surface area (Å²) in [5.74, 6) is -0.308. The Morgan fingerprint density at radius 3 is 1.26 bits per heavy atom. The fraction of sp³-hybridized carbons (Fsp3) is 0.778. The molecule has 14 heteroatoms. The first-order chi connectivity index (χ1) is 24.0. The summed E-state index contributed by atoms with van der Waals surface area (Å²) in [6, 6.07) is 8.37. The van der Waals surface area contributed by atoms with Crippen LogP contribution in [0.1, 0.15) is 64.5 Å². The first kappa shape index (κ1) is 42.2. The van der Waals surface area contributed by atoms with E-state index in [1.807, 2.05) is 13.8 Å². The number of methoxy groups -OCH3 is 4. The highest BCUT2D eigenvalue weighted by Crippen LogP contribution is 2.18. The molecule has 0 aliphatic carbocycles. The third kappa shape index (κ3) is 15.2. The molecule has 2 saturated heterocycles. The van der Waals surface area contributed by atoms with Crippen LogP contribution in [-0.4, -0.2) is 139 Å². The van der Waals surface area contributed by atoms with Crippen molar-refractivity contribution >= 4 is 11.8 Å². The highest BCUT2D eigenvalue weighted by Gasteiger charge is 2.25. The number of carbonyl (C=O) groups excluding carboxylic acids is 2. The Bertz CT molecular complexity index is 1030. The van der Waals surface area contributed by atoms with Gasteiger partial charge in [-0.05, 0) is 38.8 Å². The molecule has 0 aromatic heterocycles. The van der Waals surface area contributed by atoms with Crippen LogP contribution in [-0.2, 0) is 60.6 Å². The second-order valence-corrected chi connectivity index (χ2v) is 13.4. The number of ether oxygens (including phenoxy) is 8. The minimum Gasteiger partial charge on any atom is -0.356 e. The molecule has 0 bridgehead atoms. The van der Waals surface area contributed by atoms with Crippen molar-refractivity contribution in [3.8, 4) is 0 Å². The molecule has 1 aromatic carbocycles. The minimum atomic E-state index is -0.636. The predicted molar refractivity (Wildman–Crippen MR) is 187 cm³/mol. The molecule has 2 fully saturated rings. The highest BCUT2D eigenvalue weighted by atomic mass is 16.7. The van der Waals surface area contributed by atoms with Crippen molar-refractivity contribution in [3.63, 3.8) is 0 Å². The largest absolute Gasteiger partial charge is 0.356 e. The minimum absolute atomic E-state index is 0.0346. The Hall–Kier alpha value is -2.24. The molecular formula is C36H62N4O10. The number of carbonyl (C=O) groups is 2. The standard InChI is InChI=1S/C36H62N4O10/c1-25-21-47-33(43-5)13-15-39(27(3)23-49-35(45-7)17-31(41)37-25)19-29-9-11-30(12-10-29)20-40-16-14-34(44-6)48-22-26(2)38-32(42)18-36(46-8)50-24-28(40)4/h9-12,25-28,33-36H,13-24H2,1-8H3,(H,37,41)(H,38,42)/t25-,26-,27-,28-,33+,34+,35-,36-/m0/s1. The first-order valence-electron chi connectivity index (χ1n) is 17.8. The van der Waals surface area contributed by atoms with Crippen molar-refractivity contribution in [2.45, 2.75) is 116 Å². The predicted octanol–water partition coefficient (Wildman–Crippen LogP) is 2.62. The number of nitrogens with one attached hydrogen (secondary N) is 2. The van der Waals surface area contributed by atoms with E-state index in [2.05, 4.69) is 58.5 Å². The zero-order valence-electron chi connectivity index (χ0n) is 31.4. The molecular weight excluding hydrogens is 648 g/mol. The summed E-state index contributed by atoms with van der Waals surface area (Å²) in [6.07, 6.45) is -0.551. The molecule has 0 saturated carbocycles. The Morgan fingerprint density at radius 2 is 0.920 bits per heavy atom. The average molecular weight is 711 g/mol. The number of amides is 2. The summed E-state index contributed by atoms with van der Waals surface area (Å²) in [5, 5.41) is 5.86. The molecule has 0 spiro atoms. The number of benzene rings is 1. The number of rotatable bonds is 8. The third-order valence-corrected chi connectivity index (χ3v) is 9.03. The van der Waals surface area contributed by atoms with Gasteiger partial charge >= 0.3 is 0 Å². The maximum absolute atomic E-state index is 12.5. The summed E-state index contributed by atoms with van der Waals surface area (Å²) < 4.78 is 46.2. The third-order valence-electron chi connectivity index (χ3n) is 9.03. The summed E-state index contributed by atoms with van der Waals surface area (Å²) in [7, 11) is 6.38. The van der Waals surface area contributed by atoms with Crippen LogP contribution in [0.3, 0.4) is 0 Å². The second-order valence-electron chi connectivity index (χ2n) is 13.4. The second kappa shape index (κ2) is 22.6. The van der Waals surface area contributed by atoms with Crippen LogP contribution in [0.15, 0.2) is 24.3 Å². The quantitative estimate of drug-likeness (QED) is 0.410. The van der Waals surface area contributed by atoms with Gasteiger partial charge in [0.15, 0.2) is 25.2 Å². The Kier molecular flexibility index (Phi) is 19.1. The van der Waals surface area contributed by atoms with Crippen molar-refractivity contribution in [3.05, 3.63) is 35.4 Å². The van der Waals surface area contributed by atoms with E-state index in [0.717, 1.165) is 24.2 Å². The zero-order chi connectivity index (χ0) is 36.5. The van der Waals surface area contributed by atoms with Gasteiger partial charge < -0.3 is 48.5 Å². The van der Waals surface area contributed by atoms with Crippen LogP contribution in [0.4, 0.5) is 0 Å². The van der Waals surface area contributed by atoms with E-state index in [0.29, 0.717) is 52.4 Å². The maximum Gasteiger partial charge on any atom is 0.225 e. The van der Waals surface area contributed by atoms with E-state index < -0.39 is 25.2 Å². The molecule has 286 valence electrons. The molecule has 8 atom stereocenters. The molecule has 1 aromatic rings. The Balaban J connectivity index is 1.71. The topological polar surface area (TPSA) is 139 Å². The van der Waals surface area contributed by atoms with Crippen molar-refractivity contribution in [2.75, 3.05) is 68.0 Å². The van der Waals surface area contributed by atoms with E-state index in [4.69, 9.17) is 37.9 Å². The zero-order valence-corrected chi connectivity index (χ0v) is 31.4. The Morgan fingerprint density at radius 1 is 0.580 bits per heavy atom. The van der Waals surface area contributed by atoms with Crippen molar-refractivity contribution in [1.82, 2.24) is 20.4 Å². The van der Waals surface area contributed by atoms with Gasteiger partial charge in [0, 0.05) is 91.6 Å². The number of hydrogen-bond acceptors (Lipinski definition) is 12. The van der Waals surface area contributed by atoms with Crippen LogP contribution in [0, 0.1) is 0 Å². The lowest BCUT2D eigenvalue weighted by Gasteiger charge is -2.33. The normalized spacial score (nSPS) is 31.6. The fourth-order valence-electron chi connectivity index (χ4n) is 5.89. The maximum atomic E-state index is 12.5. The van der Waals surface area contributed by atoms with Crippen molar-refractivity contribution < 1.29 is 47.5 Å². The van der Waals surface area contributed by atoms with Gasteiger partial charge in [0.05, 0.1) is 39.3 Å². The summed E-state index contributed by atoms with van der Waals surface area (Å²) in [4.78, 5) is 29.7. The molecule has 2 amide bonds. The highest BCUT2D eigenvalue weighted by molar-refractivity contribution is 5.76. The molecule has 3 rings (SSSR count). The van der Waals surface area contributed by atoms with Gasteiger partial charge in [-0.3, -0.25) is 19.4 Å². The Labute approximate surface area is 298 Å². The lowest BCUT2D eigenvalue weighted by Crippen LogP contribution is -2.43. The first-order valence-corrected chi connectivity index (χ1v) is 17.8. The van der Waals surface area contributed by atoms with Crippen molar-refractivity contribution in [1.29, 1.82) is 0 Å². The molecule has 2 aliphatic heterocycles. The lowest BCUT2D eigenvalue weighted by molar-refractivity contribution is -0.159. The van der Waals surface area contributed by atoms with E-state index in [9.17, 15) is 9.59 Å². The van der Waals surface area contributed by atoms with Crippen LogP contribution in [0.2, 0.25) is 0 Å². The molecule has 2 aliphatic rings. The van der Waals surface area contributed by atoms with Crippen LogP contribution in [0.5, 0.6) is 0 Å². The van der Waals surface area contributed by atoms with Gasteiger partial charge in [0.1, 0.15) is 0 Å². The monoisotopic (exact) mass is 710 g/mol. The smallest absolute Gasteiger partial charge is 0.225 e. The van der Waals surface area contributed by atoms with Gasteiger partial charge in [0.2, 0.25) is 11.8 Å².